The molecule has 3 nitrogen and oxygen atoms in total. The van der Waals surface area contributed by atoms with Crippen molar-refractivity contribution in [3.8, 4) is 0 Å². The normalized spacial score (nSPS) is 24.3. The Hall–Kier alpha value is -0.120. The van der Waals surface area contributed by atoms with E-state index in [1.54, 1.807) is 0 Å². The fourth-order valence-electron chi connectivity index (χ4n) is 3.18. The highest BCUT2D eigenvalue weighted by molar-refractivity contribution is 4.88. The maximum atomic E-state index is 3.79. The van der Waals surface area contributed by atoms with Crippen LogP contribution in [0.25, 0.3) is 0 Å². The molecule has 1 aliphatic rings. The van der Waals surface area contributed by atoms with Gasteiger partial charge in [0.2, 0.25) is 0 Å². The minimum atomic E-state index is 0.724. The molecule has 2 atom stereocenters. The summed E-state index contributed by atoms with van der Waals surface area (Å²) < 4.78 is 0. The zero-order chi connectivity index (χ0) is 14.1. The minimum absolute atomic E-state index is 0.724. The molecule has 1 aliphatic carbocycles. The van der Waals surface area contributed by atoms with Gasteiger partial charge in [0, 0.05) is 25.2 Å². The lowest BCUT2D eigenvalue weighted by molar-refractivity contribution is 0.113. The average molecular weight is 269 g/mol. The maximum absolute atomic E-state index is 3.79. The van der Waals surface area contributed by atoms with Crippen molar-refractivity contribution in [1.82, 2.24) is 15.1 Å². The summed E-state index contributed by atoms with van der Waals surface area (Å²) in [6.07, 6.45) is 8.09. The van der Waals surface area contributed by atoms with Crippen molar-refractivity contribution in [3.63, 3.8) is 0 Å². The molecule has 114 valence electrons. The first-order valence-corrected chi connectivity index (χ1v) is 8.31. The van der Waals surface area contributed by atoms with Crippen LogP contribution < -0.4 is 5.32 Å². The van der Waals surface area contributed by atoms with Crippen LogP contribution >= 0.6 is 0 Å². The lowest BCUT2D eigenvalue weighted by atomic mass is 9.88. The molecule has 0 radical (unpaired) electrons. The second kappa shape index (κ2) is 9.73. The fourth-order valence-corrected chi connectivity index (χ4v) is 3.18. The summed E-state index contributed by atoms with van der Waals surface area (Å²) in [4.78, 5) is 5.05. The second-order valence-corrected chi connectivity index (χ2v) is 6.25. The summed E-state index contributed by atoms with van der Waals surface area (Å²) >= 11 is 0. The van der Waals surface area contributed by atoms with Gasteiger partial charge in [0.15, 0.2) is 0 Å². The van der Waals surface area contributed by atoms with Crippen LogP contribution in [-0.2, 0) is 0 Å². The molecule has 0 aromatic carbocycles. The van der Waals surface area contributed by atoms with Crippen molar-refractivity contribution in [2.75, 3.05) is 40.3 Å². The van der Waals surface area contributed by atoms with Gasteiger partial charge in [0.1, 0.15) is 0 Å². The summed E-state index contributed by atoms with van der Waals surface area (Å²) in [7, 11) is 4.36. The molecular formula is C16H35N3. The highest BCUT2D eigenvalue weighted by atomic mass is 15.2. The molecule has 0 aromatic heterocycles. The van der Waals surface area contributed by atoms with E-state index in [0.717, 1.165) is 12.1 Å². The van der Waals surface area contributed by atoms with Gasteiger partial charge in [-0.05, 0) is 52.9 Å². The zero-order valence-electron chi connectivity index (χ0n) is 13.6. The van der Waals surface area contributed by atoms with Gasteiger partial charge in [0.05, 0.1) is 0 Å². The third kappa shape index (κ3) is 6.24. The van der Waals surface area contributed by atoms with Gasteiger partial charge < -0.3 is 10.2 Å². The van der Waals surface area contributed by atoms with Crippen LogP contribution in [0.1, 0.15) is 52.4 Å². The van der Waals surface area contributed by atoms with E-state index < -0.39 is 0 Å². The van der Waals surface area contributed by atoms with E-state index in [4.69, 9.17) is 0 Å². The number of rotatable bonds is 9. The van der Waals surface area contributed by atoms with Crippen LogP contribution in [-0.4, -0.2) is 62.2 Å². The van der Waals surface area contributed by atoms with Crippen LogP contribution in [0.2, 0.25) is 0 Å². The van der Waals surface area contributed by atoms with E-state index in [0.29, 0.717) is 0 Å². The largest absolute Gasteiger partial charge is 0.312 e. The van der Waals surface area contributed by atoms with Crippen LogP contribution in [0, 0.1) is 0 Å². The van der Waals surface area contributed by atoms with Gasteiger partial charge >= 0.3 is 0 Å². The zero-order valence-corrected chi connectivity index (χ0v) is 13.6. The lowest BCUT2D eigenvalue weighted by Gasteiger charge is -2.41. The standard InChI is InChI=1S/C16H35N3/c1-5-11-17-15-9-7-8-10-16(15)19(12-6-2)14-13-18(3)4/h15-17H,5-14H2,1-4H3. The van der Waals surface area contributed by atoms with Gasteiger partial charge in [-0.1, -0.05) is 26.7 Å². The van der Waals surface area contributed by atoms with Crippen molar-refractivity contribution >= 4 is 0 Å². The first kappa shape index (κ1) is 16.9. The van der Waals surface area contributed by atoms with Crippen LogP contribution in [0.3, 0.4) is 0 Å². The number of nitrogens with one attached hydrogen (secondary N) is 1. The maximum Gasteiger partial charge on any atom is 0.0249 e. The Morgan fingerprint density at radius 1 is 0.947 bits per heavy atom. The molecular weight excluding hydrogens is 234 g/mol. The molecule has 3 heteroatoms. The molecule has 19 heavy (non-hydrogen) atoms. The first-order chi connectivity index (χ1) is 9.19. The molecule has 1 fully saturated rings. The third-order valence-corrected chi connectivity index (χ3v) is 4.20. The predicted molar refractivity (Wildman–Crippen MR) is 84.8 cm³/mol. The fraction of sp³-hybridized carbons (Fsp3) is 1.00. The molecule has 0 heterocycles. The van der Waals surface area contributed by atoms with Gasteiger partial charge in [-0.3, -0.25) is 4.90 Å². The van der Waals surface area contributed by atoms with Gasteiger partial charge in [-0.25, -0.2) is 0 Å². The smallest absolute Gasteiger partial charge is 0.0249 e. The molecule has 1 rings (SSSR count). The summed E-state index contributed by atoms with van der Waals surface area (Å²) in [6.45, 7) is 9.39. The Labute approximate surface area is 120 Å². The summed E-state index contributed by atoms with van der Waals surface area (Å²) in [6, 6.07) is 1.49. The molecule has 1 N–H and O–H groups in total. The molecule has 0 saturated heterocycles. The van der Waals surface area contributed by atoms with E-state index in [1.807, 2.05) is 0 Å². The van der Waals surface area contributed by atoms with Crippen molar-refractivity contribution < 1.29 is 0 Å². The summed E-state index contributed by atoms with van der Waals surface area (Å²) in [5.74, 6) is 0. The SMILES string of the molecule is CCCNC1CCCCC1N(CCC)CCN(C)C. The molecule has 0 aliphatic heterocycles. The number of likely N-dealkylation sites (N-methyl/N-ethyl adjacent to an activating group) is 1. The topological polar surface area (TPSA) is 18.5 Å². The van der Waals surface area contributed by atoms with Gasteiger partial charge in [0.25, 0.3) is 0 Å². The molecule has 1 saturated carbocycles. The Balaban J connectivity index is 2.55. The molecule has 0 bridgehead atoms. The highest BCUT2D eigenvalue weighted by Gasteiger charge is 2.28. The van der Waals surface area contributed by atoms with E-state index in [-0.39, 0.29) is 0 Å². The van der Waals surface area contributed by atoms with Crippen LogP contribution in [0.4, 0.5) is 0 Å². The Kier molecular flexibility index (Phi) is 8.67. The van der Waals surface area contributed by atoms with Crippen molar-refractivity contribution in [1.29, 1.82) is 0 Å². The van der Waals surface area contributed by atoms with Crippen molar-refractivity contribution in [3.05, 3.63) is 0 Å². The molecule has 0 spiro atoms. The van der Waals surface area contributed by atoms with Crippen LogP contribution in [0.5, 0.6) is 0 Å². The lowest BCUT2D eigenvalue weighted by Crippen LogP contribution is -2.53. The quantitative estimate of drug-likeness (QED) is 0.694. The first-order valence-electron chi connectivity index (χ1n) is 8.31. The second-order valence-electron chi connectivity index (χ2n) is 6.25. The Morgan fingerprint density at radius 2 is 1.68 bits per heavy atom. The predicted octanol–water partition coefficient (Wildman–Crippen LogP) is 2.57. The van der Waals surface area contributed by atoms with E-state index in [9.17, 15) is 0 Å². The highest BCUT2D eigenvalue weighted by Crippen LogP contribution is 2.23. The average Bonchev–Trinajstić information content (AvgIpc) is 2.41. The number of nitrogens with zero attached hydrogens (tertiary/aromatic N) is 2. The summed E-state index contributed by atoms with van der Waals surface area (Å²) in [5.41, 5.74) is 0. The Morgan fingerprint density at radius 3 is 2.32 bits per heavy atom. The summed E-state index contributed by atoms with van der Waals surface area (Å²) in [5, 5.41) is 3.79. The monoisotopic (exact) mass is 269 g/mol. The number of hydrogen-bond acceptors (Lipinski definition) is 3. The van der Waals surface area contributed by atoms with E-state index in [1.165, 1.54) is 64.7 Å². The molecule has 2 unspecified atom stereocenters. The van der Waals surface area contributed by atoms with Crippen LogP contribution in [0.15, 0.2) is 0 Å². The molecule has 0 amide bonds. The van der Waals surface area contributed by atoms with E-state index in [2.05, 4.69) is 43.1 Å². The van der Waals surface area contributed by atoms with Crippen molar-refractivity contribution in [2.45, 2.75) is 64.5 Å². The Bertz CT molecular complexity index is 218. The third-order valence-electron chi connectivity index (χ3n) is 4.20. The van der Waals surface area contributed by atoms with Gasteiger partial charge in [-0.2, -0.15) is 0 Å². The minimum Gasteiger partial charge on any atom is -0.312 e. The van der Waals surface area contributed by atoms with Gasteiger partial charge in [-0.15, -0.1) is 0 Å². The number of hydrogen-bond donors (Lipinski definition) is 1. The van der Waals surface area contributed by atoms with E-state index >= 15 is 0 Å². The molecule has 0 aromatic rings. The van der Waals surface area contributed by atoms with Crippen molar-refractivity contribution in [2.24, 2.45) is 0 Å².